The van der Waals surface area contributed by atoms with Crippen molar-refractivity contribution >= 4 is 41.0 Å². The van der Waals surface area contributed by atoms with E-state index in [1.54, 1.807) is 31.4 Å². The summed E-state index contributed by atoms with van der Waals surface area (Å²) in [5, 5.41) is 1.01. The van der Waals surface area contributed by atoms with Crippen molar-refractivity contribution in [2.24, 2.45) is 0 Å². The zero-order valence-corrected chi connectivity index (χ0v) is 18.1. The predicted molar refractivity (Wildman–Crippen MR) is 122 cm³/mol. The van der Waals surface area contributed by atoms with Crippen molar-refractivity contribution in [2.45, 2.75) is 6.61 Å². The number of carbonyl (C=O) groups excluding carboxylic acids is 1. The number of hydrogen-bond donors (Lipinski definition) is 0. The lowest BCUT2D eigenvalue weighted by atomic mass is 10.1. The average molecular weight is 453 g/mol. The van der Waals surface area contributed by atoms with Crippen molar-refractivity contribution in [1.82, 2.24) is 0 Å². The molecular weight excluding hydrogens is 435 g/mol. The Bertz CT molecular complexity index is 1160. The lowest BCUT2D eigenvalue weighted by Gasteiger charge is -2.07. The minimum atomic E-state index is -0.384. The fourth-order valence-electron chi connectivity index (χ4n) is 3.02. The zero-order valence-electron chi connectivity index (χ0n) is 16.6. The van der Waals surface area contributed by atoms with Crippen molar-refractivity contribution in [3.8, 4) is 11.5 Å². The van der Waals surface area contributed by atoms with E-state index in [4.69, 9.17) is 37.4 Å². The van der Waals surface area contributed by atoms with Gasteiger partial charge in [0.05, 0.1) is 22.7 Å². The summed E-state index contributed by atoms with van der Waals surface area (Å²) in [5.74, 6) is 1.58. The van der Waals surface area contributed by atoms with E-state index in [1.807, 2.05) is 54.6 Å². The molecule has 156 valence electrons. The van der Waals surface area contributed by atoms with Crippen LogP contribution in [0.2, 0.25) is 10.0 Å². The number of cyclic esters (lactones) is 1. The molecule has 0 saturated heterocycles. The molecule has 1 aliphatic heterocycles. The van der Waals surface area contributed by atoms with Crippen molar-refractivity contribution in [2.75, 3.05) is 7.11 Å². The number of methoxy groups -OCH3 is 1. The van der Waals surface area contributed by atoms with Crippen LogP contribution in [-0.4, -0.2) is 13.1 Å². The van der Waals surface area contributed by atoms with Crippen LogP contribution >= 0.6 is 23.2 Å². The summed E-state index contributed by atoms with van der Waals surface area (Å²) in [6, 6.07) is 20.2. The molecule has 0 aliphatic carbocycles. The van der Waals surface area contributed by atoms with E-state index < -0.39 is 0 Å². The molecule has 0 unspecified atom stereocenters. The lowest BCUT2D eigenvalue weighted by Crippen LogP contribution is -1.97. The molecule has 1 aliphatic rings. The minimum Gasteiger partial charge on any atom is -0.497 e. The SMILES string of the molecule is COc1ccc(C2=C/C(=C\c3ccc(OCc4ccc(Cl)c(Cl)c4)cc3)C(=O)O2)cc1. The second-order valence-corrected chi connectivity index (χ2v) is 7.65. The number of benzene rings is 3. The van der Waals surface area contributed by atoms with E-state index in [1.165, 1.54) is 0 Å². The fourth-order valence-corrected chi connectivity index (χ4v) is 3.34. The Kier molecular flexibility index (Phi) is 6.31. The van der Waals surface area contributed by atoms with Crippen LogP contribution in [0.1, 0.15) is 16.7 Å². The topological polar surface area (TPSA) is 44.8 Å². The van der Waals surface area contributed by atoms with Crippen LogP contribution in [-0.2, 0) is 16.1 Å². The van der Waals surface area contributed by atoms with E-state index in [-0.39, 0.29) is 5.97 Å². The molecule has 1 heterocycles. The zero-order chi connectivity index (χ0) is 21.8. The third kappa shape index (κ3) is 5.10. The van der Waals surface area contributed by atoms with Gasteiger partial charge in [0.1, 0.15) is 23.9 Å². The Morgan fingerprint density at radius 2 is 1.61 bits per heavy atom. The summed E-state index contributed by atoms with van der Waals surface area (Å²) in [5.41, 5.74) is 3.07. The first kappa shape index (κ1) is 21.0. The molecule has 0 aromatic heterocycles. The maximum atomic E-state index is 12.3. The molecule has 0 spiro atoms. The van der Waals surface area contributed by atoms with Gasteiger partial charge in [-0.15, -0.1) is 0 Å². The summed E-state index contributed by atoms with van der Waals surface area (Å²) < 4.78 is 16.3. The van der Waals surface area contributed by atoms with E-state index >= 15 is 0 Å². The molecular formula is C25H18Cl2O4. The van der Waals surface area contributed by atoms with Gasteiger partial charge in [-0.2, -0.15) is 0 Å². The summed E-state index contributed by atoms with van der Waals surface area (Å²) in [6.45, 7) is 0.373. The predicted octanol–water partition coefficient (Wildman–Crippen LogP) is 6.56. The third-order valence-electron chi connectivity index (χ3n) is 4.69. The second-order valence-electron chi connectivity index (χ2n) is 6.83. The van der Waals surface area contributed by atoms with Crippen LogP contribution in [0.15, 0.2) is 78.4 Å². The number of rotatable bonds is 6. The van der Waals surface area contributed by atoms with Crippen LogP contribution in [0.5, 0.6) is 11.5 Å². The Hall–Kier alpha value is -3.21. The molecule has 0 atom stereocenters. The van der Waals surface area contributed by atoms with Gasteiger partial charge < -0.3 is 14.2 Å². The van der Waals surface area contributed by atoms with Gasteiger partial charge in [0.2, 0.25) is 0 Å². The van der Waals surface area contributed by atoms with Gasteiger partial charge in [-0.25, -0.2) is 4.79 Å². The second kappa shape index (κ2) is 9.29. The maximum Gasteiger partial charge on any atom is 0.343 e. The molecule has 4 nitrogen and oxygen atoms in total. The van der Waals surface area contributed by atoms with Crippen LogP contribution in [0.4, 0.5) is 0 Å². The summed E-state index contributed by atoms with van der Waals surface area (Å²) in [7, 11) is 1.61. The highest BCUT2D eigenvalue weighted by molar-refractivity contribution is 6.42. The van der Waals surface area contributed by atoms with Crippen molar-refractivity contribution in [3.63, 3.8) is 0 Å². The highest BCUT2D eigenvalue weighted by Crippen LogP contribution is 2.29. The number of ether oxygens (including phenoxy) is 3. The summed E-state index contributed by atoms with van der Waals surface area (Å²) >= 11 is 12.0. The first-order chi connectivity index (χ1) is 15.0. The average Bonchev–Trinajstić information content (AvgIpc) is 3.15. The Morgan fingerprint density at radius 1 is 0.903 bits per heavy atom. The standard InChI is InChI=1S/C25H18Cl2O4/c1-29-20-9-5-18(6-10-20)24-14-19(25(28)31-24)12-16-2-7-21(8-3-16)30-15-17-4-11-22(26)23(27)13-17/h2-14H,15H2,1H3/b19-12+. The molecule has 0 N–H and O–H groups in total. The van der Waals surface area contributed by atoms with Crippen molar-refractivity contribution in [1.29, 1.82) is 0 Å². The largest absolute Gasteiger partial charge is 0.497 e. The van der Waals surface area contributed by atoms with E-state index in [2.05, 4.69) is 0 Å². The van der Waals surface area contributed by atoms with E-state index in [0.717, 1.165) is 22.4 Å². The van der Waals surface area contributed by atoms with Crippen LogP contribution in [0.25, 0.3) is 11.8 Å². The van der Waals surface area contributed by atoms with Gasteiger partial charge in [-0.3, -0.25) is 0 Å². The third-order valence-corrected chi connectivity index (χ3v) is 5.43. The fraction of sp³-hybridized carbons (Fsp3) is 0.0800. The number of esters is 1. The van der Waals surface area contributed by atoms with Gasteiger partial charge in [0.15, 0.2) is 0 Å². The molecule has 3 aromatic carbocycles. The Labute approximate surface area is 190 Å². The Balaban J connectivity index is 1.43. The normalized spacial score (nSPS) is 14.4. The summed E-state index contributed by atoms with van der Waals surface area (Å²) in [6.07, 6.45) is 3.51. The minimum absolute atomic E-state index is 0.373. The Morgan fingerprint density at radius 3 is 2.29 bits per heavy atom. The first-order valence-electron chi connectivity index (χ1n) is 9.48. The molecule has 4 rings (SSSR count). The molecule has 0 bridgehead atoms. The van der Waals surface area contributed by atoms with Crippen molar-refractivity contribution < 1.29 is 19.0 Å². The molecule has 0 amide bonds. The van der Waals surface area contributed by atoms with Crippen molar-refractivity contribution in [3.05, 3.63) is 105 Å². The van der Waals surface area contributed by atoms with Gasteiger partial charge in [0, 0.05) is 5.56 Å². The molecule has 0 radical (unpaired) electrons. The lowest BCUT2D eigenvalue weighted by molar-refractivity contribution is -0.130. The molecule has 31 heavy (non-hydrogen) atoms. The summed E-state index contributed by atoms with van der Waals surface area (Å²) in [4.78, 5) is 12.3. The first-order valence-corrected chi connectivity index (χ1v) is 10.2. The van der Waals surface area contributed by atoms with E-state index in [9.17, 15) is 4.79 Å². The van der Waals surface area contributed by atoms with Gasteiger partial charge >= 0.3 is 5.97 Å². The quantitative estimate of drug-likeness (QED) is 0.313. The number of carbonyl (C=O) groups is 1. The number of hydrogen-bond acceptors (Lipinski definition) is 4. The molecule has 3 aromatic rings. The van der Waals surface area contributed by atoms with Gasteiger partial charge in [-0.05, 0) is 71.8 Å². The van der Waals surface area contributed by atoms with Gasteiger partial charge in [0.25, 0.3) is 0 Å². The monoisotopic (exact) mass is 452 g/mol. The van der Waals surface area contributed by atoms with Crippen LogP contribution in [0.3, 0.4) is 0 Å². The van der Waals surface area contributed by atoms with Crippen LogP contribution < -0.4 is 9.47 Å². The number of halogens is 2. The molecule has 0 saturated carbocycles. The van der Waals surface area contributed by atoms with Gasteiger partial charge in [-0.1, -0.05) is 41.4 Å². The molecule has 6 heteroatoms. The smallest absolute Gasteiger partial charge is 0.343 e. The highest BCUT2D eigenvalue weighted by atomic mass is 35.5. The highest BCUT2D eigenvalue weighted by Gasteiger charge is 2.22. The van der Waals surface area contributed by atoms with Crippen LogP contribution in [0, 0.1) is 0 Å². The molecule has 0 fully saturated rings. The van der Waals surface area contributed by atoms with E-state index in [0.29, 0.717) is 33.7 Å². The maximum absolute atomic E-state index is 12.3.